The standard InChI is InChI=1S/C19H19FN2O2/c20-16-8-6-14(7-9-16)12-18(23)21-17-4-1-3-15(11-17)13-22-10-2-5-19(22)24/h1,3-4,6-9,11H,2,5,10,12-13H2,(H,21,23). The van der Waals surface area contributed by atoms with E-state index in [2.05, 4.69) is 5.32 Å². The molecule has 4 nitrogen and oxygen atoms in total. The summed E-state index contributed by atoms with van der Waals surface area (Å²) in [5.74, 6) is -0.292. The van der Waals surface area contributed by atoms with Crippen molar-refractivity contribution >= 4 is 17.5 Å². The van der Waals surface area contributed by atoms with Crippen LogP contribution in [0.3, 0.4) is 0 Å². The van der Waals surface area contributed by atoms with Crippen molar-refractivity contribution < 1.29 is 14.0 Å². The highest BCUT2D eigenvalue weighted by Crippen LogP contribution is 2.17. The molecule has 5 heteroatoms. The van der Waals surface area contributed by atoms with E-state index in [1.165, 1.54) is 12.1 Å². The molecular weight excluding hydrogens is 307 g/mol. The molecule has 24 heavy (non-hydrogen) atoms. The number of hydrogen-bond donors (Lipinski definition) is 1. The molecule has 0 bridgehead atoms. The van der Waals surface area contributed by atoms with Crippen LogP contribution in [0.5, 0.6) is 0 Å². The lowest BCUT2D eigenvalue weighted by molar-refractivity contribution is -0.128. The molecule has 2 amide bonds. The van der Waals surface area contributed by atoms with Gasteiger partial charge < -0.3 is 10.2 Å². The Labute approximate surface area is 140 Å². The summed E-state index contributed by atoms with van der Waals surface area (Å²) < 4.78 is 12.9. The molecule has 0 aliphatic carbocycles. The van der Waals surface area contributed by atoms with Gasteiger partial charge in [0.2, 0.25) is 11.8 Å². The summed E-state index contributed by atoms with van der Waals surface area (Å²) in [6.45, 7) is 1.36. The van der Waals surface area contributed by atoms with Crippen LogP contribution in [0, 0.1) is 5.82 Å². The highest BCUT2D eigenvalue weighted by molar-refractivity contribution is 5.92. The van der Waals surface area contributed by atoms with Gasteiger partial charge in [0.25, 0.3) is 0 Å². The molecule has 1 fully saturated rings. The number of amides is 2. The average molecular weight is 326 g/mol. The molecule has 3 rings (SSSR count). The van der Waals surface area contributed by atoms with Gasteiger partial charge in [0, 0.05) is 25.2 Å². The molecule has 1 aliphatic rings. The SMILES string of the molecule is O=C(Cc1ccc(F)cc1)Nc1cccc(CN2CCCC2=O)c1. The Kier molecular flexibility index (Phi) is 4.89. The highest BCUT2D eigenvalue weighted by atomic mass is 19.1. The fraction of sp³-hybridized carbons (Fsp3) is 0.263. The van der Waals surface area contributed by atoms with Crippen LogP contribution in [0.15, 0.2) is 48.5 Å². The number of likely N-dealkylation sites (tertiary alicyclic amines) is 1. The largest absolute Gasteiger partial charge is 0.338 e. The molecule has 2 aromatic carbocycles. The third kappa shape index (κ3) is 4.19. The van der Waals surface area contributed by atoms with Crippen molar-refractivity contribution in [2.45, 2.75) is 25.8 Å². The lowest BCUT2D eigenvalue weighted by atomic mass is 10.1. The molecule has 0 radical (unpaired) electrons. The Morgan fingerprint density at radius 1 is 1.12 bits per heavy atom. The normalized spacial score (nSPS) is 14.0. The third-order valence-electron chi connectivity index (χ3n) is 4.03. The fourth-order valence-corrected chi connectivity index (χ4v) is 2.83. The van der Waals surface area contributed by atoms with E-state index in [1.54, 1.807) is 12.1 Å². The van der Waals surface area contributed by atoms with E-state index in [9.17, 15) is 14.0 Å². The average Bonchev–Trinajstić information content (AvgIpc) is 2.95. The number of benzene rings is 2. The smallest absolute Gasteiger partial charge is 0.228 e. The molecule has 1 heterocycles. The maximum absolute atomic E-state index is 12.9. The molecule has 1 N–H and O–H groups in total. The fourth-order valence-electron chi connectivity index (χ4n) is 2.83. The zero-order chi connectivity index (χ0) is 16.9. The molecule has 0 atom stereocenters. The Morgan fingerprint density at radius 3 is 2.62 bits per heavy atom. The van der Waals surface area contributed by atoms with Crippen LogP contribution in [-0.4, -0.2) is 23.3 Å². The summed E-state index contributed by atoms with van der Waals surface area (Å²) in [4.78, 5) is 25.6. The van der Waals surface area contributed by atoms with Gasteiger partial charge in [-0.15, -0.1) is 0 Å². The van der Waals surface area contributed by atoms with Crippen molar-refractivity contribution in [2.24, 2.45) is 0 Å². The van der Waals surface area contributed by atoms with Crippen LogP contribution < -0.4 is 5.32 Å². The van der Waals surface area contributed by atoms with Gasteiger partial charge in [-0.05, 0) is 41.8 Å². The van der Waals surface area contributed by atoms with Crippen molar-refractivity contribution in [2.75, 3.05) is 11.9 Å². The van der Waals surface area contributed by atoms with Crippen molar-refractivity contribution in [3.63, 3.8) is 0 Å². The quantitative estimate of drug-likeness (QED) is 0.918. The summed E-state index contributed by atoms with van der Waals surface area (Å²) in [5.41, 5.74) is 2.45. The maximum Gasteiger partial charge on any atom is 0.228 e. The Morgan fingerprint density at radius 2 is 1.92 bits per heavy atom. The number of carbonyl (C=O) groups is 2. The number of rotatable bonds is 5. The minimum atomic E-state index is -0.316. The molecular formula is C19H19FN2O2. The highest BCUT2D eigenvalue weighted by Gasteiger charge is 2.20. The first kappa shape index (κ1) is 16.2. The van der Waals surface area contributed by atoms with Gasteiger partial charge in [0.15, 0.2) is 0 Å². The number of nitrogens with one attached hydrogen (secondary N) is 1. The first-order valence-electron chi connectivity index (χ1n) is 8.01. The van der Waals surface area contributed by atoms with Gasteiger partial charge in [-0.2, -0.15) is 0 Å². The number of carbonyl (C=O) groups excluding carboxylic acids is 2. The lowest BCUT2D eigenvalue weighted by Crippen LogP contribution is -2.23. The van der Waals surface area contributed by atoms with Crippen LogP contribution in [0.2, 0.25) is 0 Å². The van der Waals surface area contributed by atoms with E-state index in [1.807, 2.05) is 29.2 Å². The minimum Gasteiger partial charge on any atom is -0.338 e. The third-order valence-corrected chi connectivity index (χ3v) is 4.03. The summed E-state index contributed by atoms with van der Waals surface area (Å²) in [5, 5.41) is 2.85. The second kappa shape index (κ2) is 7.25. The van der Waals surface area contributed by atoms with E-state index < -0.39 is 0 Å². The van der Waals surface area contributed by atoms with E-state index in [4.69, 9.17) is 0 Å². The van der Waals surface area contributed by atoms with Crippen molar-refractivity contribution in [1.29, 1.82) is 0 Å². The Bertz CT molecular complexity index is 743. The van der Waals surface area contributed by atoms with Gasteiger partial charge in [-0.25, -0.2) is 4.39 Å². The molecule has 0 spiro atoms. The molecule has 1 saturated heterocycles. The van der Waals surface area contributed by atoms with Crippen LogP contribution in [0.4, 0.5) is 10.1 Å². The van der Waals surface area contributed by atoms with Gasteiger partial charge in [0.05, 0.1) is 6.42 Å². The van der Waals surface area contributed by atoms with E-state index in [0.717, 1.165) is 24.1 Å². The summed E-state index contributed by atoms with van der Waals surface area (Å²) >= 11 is 0. The van der Waals surface area contributed by atoms with E-state index in [0.29, 0.717) is 18.7 Å². The van der Waals surface area contributed by atoms with Crippen LogP contribution in [0.25, 0.3) is 0 Å². The van der Waals surface area contributed by atoms with Crippen molar-refractivity contribution in [1.82, 2.24) is 4.90 Å². The first-order valence-corrected chi connectivity index (χ1v) is 8.01. The molecule has 0 aromatic heterocycles. The van der Waals surface area contributed by atoms with Gasteiger partial charge in [-0.3, -0.25) is 9.59 Å². The monoisotopic (exact) mass is 326 g/mol. The topological polar surface area (TPSA) is 49.4 Å². The number of nitrogens with zero attached hydrogens (tertiary/aromatic N) is 1. The van der Waals surface area contributed by atoms with Crippen LogP contribution in [0.1, 0.15) is 24.0 Å². The Balaban J connectivity index is 1.60. The summed E-state index contributed by atoms with van der Waals surface area (Å²) in [7, 11) is 0. The van der Waals surface area contributed by atoms with Gasteiger partial charge in [-0.1, -0.05) is 24.3 Å². The van der Waals surface area contributed by atoms with Crippen molar-refractivity contribution in [3.05, 3.63) is 65.5 Å². The maximum atomic E-state index is 12.9. The zero-order valence-electron chi connectivity index (χ0n) is 13.3. The second-order valence-corrected chi connectivity index (χ2v) is 5.97. The molecule has 124 valence electrons. The van der Waals surface area contributed by atoms with Gasteiger partial charge >= 0.3 is 0 Å². The minimum absolute atomic E-state index is 0.156. The zero-order valence-corrected chi connectivity index (χ0v) is 13.3. The molecule has 0 unspecified atom stereocenters. The number of halogens is 1. The van der Waals surface area contributed by atoms with E-state index >= 15 is 0 Å². The summed E-state index contributed by atoms with van der Waals surface area (Å²) in [6, 6.07) is 13.4. The predicted molar refractivity (Wildman–Crippen MR) is 89.8 cm³/mol. The molecule has 2 aromatic rings. The molecule has 0 saturated carbocycles. The van der Waals surface area contributed by atoms with Crippen molar-refractivity contribution in [3.8, 4) is 0 Å². The Hall–Kier alpha value is -2.69. The number of anilines is 1. The summed E-state index contributed by atoms with van der Waals surface area (Å²) in [6.07, 6.45) is 1.72. The lowest BCUT2D eigenvalue weighted by Gasteiger charge is -2.16. The first-order chi connectivity index (χ1) is 11.6. The van der Waals surface area contributed by atoms with Gasteiger partial charge in [0.1, 0.15) is 5.82 Å². The van der Waals surface area contributed by atoms with Crippen LogP contribution in [-0.2, 0) is 22.6 Å². The molecule has 1 aliphatic heterocycles. The predicted octanol–water partition coefficient (Wildman–Crippen LogP) is 3.13. The van der Waals surface area contributed by atoms with Crippen LogP contribution >= 0.6 is 0 Å². The number of hydrogen-bond acceptors (Lipinski definition) is 2. The van der Waals surface area contributed by atoms with E-state index in [-0.39, 0.29) is 24.1 Å². The second-order valence-electron chi connectivity index (χ2n) is 5.97.